The van der Waals surface area contributed by atoms with Gasteiger partial charge in [-0.1, -0.05) is 12.1 Å². The topological polar surface area (TPSA) is 51.6 Å². The van der Waals surface area contributed by atoms with Crippen molar-refractivity contribution in [1.29, 1.82) is 0 Å². The number of benzene rings is 1. The van der Waals surface area contributed by atoms with Crippen LogP contribution in [0.15, 0.2) is 49.1 Å². The van der Waals surface area contributed by atoms with Gasteiger partial charge in [0.1, 0.15) is 0 Å². The molecule has 0 atom stereocenters. The Hall–Kier alpha value is -2.36. The van der Waals surface area contributed by atoms with Crippen LogP contribution in [-0.4, -0.2) is 19.9 Å². The van der Waals surface area contributed by atoms with Crippen LogP contribution in [0.1, 0.15) is 11.4 Å². The fourth-order valence-electron chi connectivity index (χ4n) is 1.42. The number of fused-ring (bicyclic) bond motifs is 1. The number of nitrogens with zero attached hydrogens (tertiary/aromatic N) is 4. The molecule has 0 saturated carbocycles. The van der Waals surface area contributed by atoms with Gasteiger partial charge in [-0.25, -0.2) is 4.98 Å². The molecule has 0 fully saturated rings. The smallest absolute Gasteiger partial charge is 0.0889 e. The first-order valence-electron chi connectivity index (χ1n) is 5.67. The van der Waals surface area contributed by atoms with Crippen LogP contribution in [0, 0.1) is 13.8 Å². The average Bonchev–Trinajstić information content (AvgIpc) is 2.40. The Bertz CT molecular complexity index is 623. The van der Waals surface area contributed by atoms with Crippen LogP contribution in [0.5, 0.6) is 0 Å². The summed E-state index contributed by atoms with van der Waals surface area (Å²) in [6.45, 7) is 3.85. The van der Waals surface area contributed by atoms with Gasteiger partial charge in [-0.3, -0.25) is 15.0 Å². The summed E-state index contributed by atoms with van der Waals surface area (Å²) in [4.78, 5) is 16.3. The highest BCUT2D eigenvalue weighted by atomic mass is 14.8. The molecule has 0 aliphatic carbocycles. The van der Waals surface area contributed by atoms with Crippen molar-refractivity contribution in [3.8, 4) is 0 Å². The highest BCUT2D eigenvalue weighted by molar-refractivity contribution is 5.73. The summed E-state index contributed by atoms with van der Waals surface area (Å²) >= 11 is 0. The van der Waals surface area contributed by atoms with E-state index in [-0.39, 0.29) is 0 Å². The lowest BCUT2D eigenvalue weighted by atomic mass is 10.3. The number of para-hydroxylation sites is 2. The van der Waals surface area contributed by atoms with E-state index in [4.69, 9.17) is 0 Å². The molecule has 0 bridgehead atoms. The summed E-state index contributed by atoms with van der Waals surface area (Å²) in [6, 6.07) is 7.86. The first-order valence-corrected chi connectivity index (χ1v) is 5.67. The molecular weight excluding hydrogens is 224 g/mol. The molecular formula is C14H14N4. The van der Waals surface area contributed by atoms with Gasteiger partial charge >= 0.3 is 0 Å². The van der Waals surface area contributed by atoms with Gasteiger partial charge in [0.25, 0.3) is 0 Å². The van der Waals surface area contributed by atoms with Crippen LogP contribution in [0.25, 0.3) is 11.0 Å². The molecule has 4 nitrogen and oxygen atoms in total. The van der Waals surface area contributed by atoms with Crippen LogP contribution in [0.4, 0.5) is 0 Å². The van der Waals surface area contributed by atoms with Gasteiger partial charge in [0.05, 0.1) is 22.4 Å². The Balaban J connectivity index is 0.000000149. The summed E-state index contributed by atoms with van der Waals surface area (Å²) in [5.41, 5.74) is 3.84. The van der Waals surface area contributed by atoms with Crippen LogP contribution in [-0.2, 0) is 0 Å². The van der Waals surface area contributed by atoms with Gasteiger partial charge in [-0.2, -0.15) is 0 Å². The number of aryl methyl sites for hydroxylation is 2. The number of aromatic nitrogens is 4. The molecule has 3 aromatic rings. The maximum Gasteiger partial charge on any atom is 0.0889 e. The van der Waals surface area contributed by atoms with E-state index >= 15 is 0 Å². The lowest BCUT2D eigenvalue weighted by molar-refractivity contribution is 1.12. The van der Waals surface area contributed by atoms with E-state index in [0.717, 1.165) is 22.4 Å². The Morgan fingerprint density at radius 3 is 2.17 bits per heavy atom. The Morgan fingerprint density at radius 1 is 0.778 bits per heavy atom. The molecule has 0 unspecified atom stereocenters. The highest BCUT2D eigenvalue weighted by Gasteiger charge is 1.92. The van der Waals surface area contributed by atoms with E-state index in [2.05, 4.69) is 19.9 Å². The van der Waals surface area contributed by atoms with Crippen molar-refractivity contribution in [3.63, 3.8) is 0 Å². The zero-order valence-corrected chi connectivity index (χ0v) is 10.4. The second-order valence-electron chi connectivity index (χ2n) is 3.85. The molecule has 0 saturated heterocycles. The van der Waals surface area contributed by atoms with Crippen molar-refractivity contribution >= 4 is 11.0 Å². The van der Waals surface area contributed by atoms with Gasteiger partial charge in [0, 0.05) is 24.8 Å². The van der Waals surface area contributed by atoms with Crippen LogP contribution in [0.3, 0.4) is 0 Å². The van der Waals surface area contributed by atoms with Gasteiger partial charge in [0.2, 0.25) is 0 Å². The molecule has 90 valence electrons. The summed E-state index contributed by atoms with van der Waals surface area (Å²) in [6.07, 6.45) is 6.84. The van der Waals surface area contributed by atoms with Crippen molar-refractivity contribution in [2.75, 3.05) is 0 Å². The minimum absolute atomic E-state index is 0.957. The maximum atomic E-state index is 4.31. The monoisotopic (exact) mass is 238 g/mol. The fraction of sp³-hybridized carbons (Fsp3) is 0.143. The number of hydrogen-bond acceptors (Lipinski definition) is 4. The van der Waals surface area contributed by atoms with Gasteiger partial charge in [-0.05, 0) is 26.0 Å². The first kappa shape index (κ1) is 12.1. The van der Waals surface area contributed by atoms with E-state index in [1.165, 1.54) is 0 Å². The second-order valence-corrected chi connectivity index (χ2v) is 3.85. The molecule has 4 heteroatoms. The second kappa shape index (κ2) is 5.82. The molecule has 2 heterocycles. The van der Waals surface area contributed by atoms with E-state index in [0.29, 0.717) is 0 Å². The van der Waals surface area contributed by atoms with Crippen LogP contribution >= 0.6 is 0 Å². The van der Waals surface area contributed by atoms with E-state index in [9.17, 15) is 0 Å². The van der Waals surface area contributed by atoms with Crippen molar-refractivity contribution in [3.05, 3.63) is 60.4 Å². The van der Waals surface area contributed by atoms with E-state index < -0.39 is 0 Å². The summed E-state index contributed by atoms with van der Waals surface area (Å²) in [7, 11) is 0. The average molecular weight is 238 g/mol. The largest absolute Gasteiger partial charge is 0.261 e. The van der Waals surface area contributed by atoms with Gasteiger partial charge < -0.3 is 0 Å². The van der Waals surface area contributed by atoms with Crippen molar-refractivity contribution in [2.45, 2.75) is 13.8 Å². The summed E-state index contributed by atoms with van der Waals surface area (Å²) in [5.74, 6) is 0. The Morgan fingerprint density at radius 2 is 1.56 bits per heavy atom. The third-order valence-corrected chi connectivity index (χ3v) is 2.26. The Labute approximate surface area is 106 Å². The Kier molecular flexibility index (Phi) is 3.91. The fourth-order valence-corrected chi connectivity index (χ4v) is 1.42. The minimum Gasteiger partial charge on any atom is -0.261 e. The van der Waals surface area contributed by atoms with Crippen LogP contribution in [0.2, 0.25) is 0 Å². The van der Waals surface area contributed by atoms with Gasteiger partial charge in [0.15, 0.2) is 0 Å². The third kappa shape index (κ3) is 3.31. The van der Waals surface area contributed by atoms with Crippen molar-refractivity contribution in [2.24, 2.45) is 0 Å². The molecule has 0 spiro atoms. The van der Waals surface area contributed by atoms with Gasteiger partial charge in [-0.15, -0.1) is 0 Å². The van der Waals surface area contributed by atoms with Crippen LogP contribution < -0.4 is 0 Å². The molecule has 0 N–H and O–H groups in total. The summed E-state index contributed by atoms with van der Waals surface area (Å²) in [5, 5.41) is 0. The zero-order valence-electron chi connectivity index (χ0n) is 10.4. The molecule has 18 heavy (non-hydrogen) atoms. The predicted octanol–water partition coefficient (Wildman–Crippen LogP) is 2.72. The normalized spacial score (nSPS) is 9.67. The first-order chi connectivity index (χ1) is 8.75. The zero-order chi connectivity index (χ0) is 12.8. The predicted molar refractivity (Wildman–Crippen MR) is 71.0 cm³/mol. The lowest BCUT2D eigenvalue weighted by Crippen LogP contribution is -1.85. The molecule has 1 aromatic carbocycles. The number of rotatable bonds is 0. The quantitative estimate of drug-likeness (QED) is 0.604. The van der Waals surface area contributed by atoms with Crippen molar-refractivity contribution < 1.29 is 0 Å². The minimum atomic E-state index is 0.957. The van der Waals surface area contributed by atoms with E-state index in [1.807, 2.05) is 38.1 Å². The maximum absolute atomic E-state index is 4.31. The summed E-state index contributed by atoms with van der Waals surface area (Å²) < 4.78 is 0. The molecule has 2 aromatic heterocycles. The molecule has 3 rings (SSSR count). The molecule has 0 aliphatic rings. The standard InChI is InChI=1S/C9H8N2.C5H6N2/c1-7-6-10-8-4-2-3-5-9(8)11-7;1-5-4-6-2-3-7-5/h2-6H,1H3;2-4H,1H3. The van der Waals surface area contributed by atoms with E-state index in [1.54, 1.807) is 24.8 Å². The SMILES string of the molecule is Cc1cnc2ccccc2n1.Cc1cnccn1. The lowest BCUT2D eigenvalue weighted by Gasteiger charge is -1.95. The molecule has 0 radical (unpaired) electrons. The van der Waals surface area contributed by atoms with Crippen molar-refractivity contribution in [1.82, 2.24) is 19.9 Å². The third-order valence-electron chi connectivity index (χ3n) is 2.26. The highest BCUT2D eigenvalue weighted by Crippen LogP contribution is 2.06. The number of hydrogen-bond donors (Lipinski definition) is 0. The molecule has 0 aliphatic heterocycles. The molecule has 0 amide bonds.